The normalized spacial score (nSPS) is 10.8. The topological polar surface area (TPSA) is 95.2 Å². The van der Waals surface area contributed by atoms with Crippen molar-refractivity contribution in [2.75, 3.05) is 12.3 Å². The molecule has 0 aliphatic carbocycles. The highest BCUT2D eigenvalue weighted by Crippen LogP contribution is 2.28. The first-order valence-electron chi connectivity index (χ1n) is 7.04. The number of nitrogens with two attached hydrogens (primary N) is 1. The van der Waals surface area contributed by atoms with E-state index in [0.717, 1.165) is 17.4 Å². The third-order valence-corrected chi connectivity index (χ3v) is 4.20. The molecule has 2 N–H and O–H groups in total. The van der Waals surface area contributed by atoms with Gasteiger partial charge in [0.15, 0.2) is 0 Å². The molecule has 0 atom stereocenters. The number of ether oxygens (including phenoxy) is 1. The number of halogens is 1. The van der Waals surface area contributed by atoms with Gasteiger partial charge in [-0.25, -0.2) is 19.2 Å². The fourth-order valence-corrected chi connectivity index (χ4v) is 3.11. The van der Waals surface area contributed by atoms with Gasteiger partial charge in [0.25, 0.3) is 0 Å². The smallest absolute Gasteiger partial charge is 0.348 e. The molecule has 0 saturated carbocycles. The zero-order chi connectivity index (χ0) is 17.3. The molecular formula is C16H12FN3O3S. The van der Waals surface area contributed by atoms with E-state index < -0.39 is 17.6 Å². The number of hydrogen-bond donors (Lipinski definition) is 1. The van der Waals surface area contributed by atoms with Crippen LogP contribution in [-0.4, -0.2) is 28.3 Å². The van der Waals surface area contributed by atoms with Crippen molar-refractivity contribution in [2.24, 2.45) is 0 Å². The van der Waals surface area contributed by atoms with E-state index in [9.17, 15) is 14.0 Å². The van der Waals surface area contributed by atoms with Crippen LogP contribution in [0.25, 0.3) is 10.2 Å². The first-order valence-corrected chi connectivity index (χ1v) is 7.85. The Kier molecular flexibility index (Phi) is 4.22. The predicted molar refractivity (Wildman–Crippen MR) is 87.6 cm³/mol. The minimum atomic E-state index is -0.531. The van der Waals surface area contributed by atoms with E-state index in [1.54, 1.807) is 6.92 Å². The number of ketones is 1. The lowest BCUT2D eigenvalue weighted by molar-refractivity contribution is 0.0532. The van der Waals surface area contributed by atoms with Gasteiger partial charge in [0.05, 0.1) is 6.61 Å². The lowest BCUT2D eigenvalue weighted by atomic mass is 10.1. The van der Waals surface area contributed by atoms with Crippen LogP contribution in [0.15, 0.2) is 30.3 Å². The zero-order valence-corrected chi connectivity index (χ0v) is 13.4. The Morgan fingerprint density at radius 3 is 2.79 bits per heavy atom. The summed E-state index contributed by atoms with van der Waals surface area (Å²) in [7, 11) is 0. The monoisotopic (exact) mass is 345 g/mol. The summed E-state index contributed by atoms with van der Waals surface area (Å²) in [6.07, 6.45) is 0. The number of nitrogen functional groups attached to an aromatic ring is 1. The second-order valence-electron chi connectivity index (χ2n) is 4.82. The third-order valence-electron chi connectivity index (χ3n) is 3.19. The molecule has 0 unspecified atom stereocenters. The van der Waals surface area contributed by atoms with Gasteiger partial charge in [-0.1, -0.05) is 12.1 Å². The van der Waals surface area contributed by atoms with Crippen molar-refractivity contribution < 1.29 is 18.7 Å². The minimum Gasteiger partial charge on any atom is -0.462 e. The van der Waals surface area contributed by atoms with Gasteiger partial charge in [0, 0.05) is 10.9 Å². The van der Waals surface area contributed by atoms with Crippen molar-refractivity contribution in [3.05, 3.63) is 52.3 Å². The van der Waals surface area contributed by atoms with Gasteiger partial charge in [0.2, 0.25) is 11.7 Å². The molecule has 8 heteroatoms. The number of aromatic nitrogens is 2. The van der Waals surface area contributed by atoms with Crippen LogP contribution in [0.3, 0.4) is 0 Å². The quantitative estimate of drug-likeness (QED) is 0.577. The number of esters is 1. The summed E-state index contributed by atoms with van der Waals surface area (Å²) in [5, 5.41) is 0.381. The van der Waals surface area contributed by atoms with Crippen LogP contribution in [0, 0.1) is 5.82 Å². The Morgan fingerprint density at radius 2 is 2.08 bits per heavy atom. The van der Waals surface area contributed by atoms with E-state index in [-0.39, 0.29) is 23.8 Å². The number of hydrogen-bond acceptors (Lipinski definition) is 7. The Labute approximate surface area is 140 Å². The van der Waals surface area contributed by atoms with Crippen molar-refractivity contribution in [2.45, 2.75) is 6.92 Å². The first-order chi connectivity index (χ1) is 11.5. The van der Waals surface area contributed by atoms with Gasteiger partial charge in [-0.05, 0) is 25.1 Å². The lowest BCUT2D eigenvalue weighted by Crippen LogP contribution is -2.08. The molecule has 24 heavy (non-hydrogen) atoms. The molecule has 6 nitrogen and oxygen atoms in total. The van der Waals surface area contributed by atoms with Crippen LogP contribution in [0.5, 0.6) is 0 Å². The number of thiophene rings is 1. The van der Waals surface area contributed by atoms with Crippen LogP contribution >= 0.6 is 11.3 Å². The van der Waals surface area contributed by atoms with Crippen molar-refractivity contribution in [3.63, 3.8) is 0 Å². The molecule has 3 rings (SSSR count). The van der Waals surface area contributed by atoms with Crippen molar-refractivity contribution in [3.8, 4) is 0 Å². The van der Waals surface area contributed by atoms with Crippen LogP contribution in [0.1, 0.15) is 32.6 Å². The third kappa shape index (κ3) is 2.95. The average molecular weight is 345 g/mol. The maximum absolute atomic E-state index is 13.4. The van der Waals surface area contributed by atoms with E-state index in [1.807, 2.05) is 0 Å². The zero-order valence-electron chi connectivity index (χ0n) is 12.6. The number of anilines is 1. The molecule has 1 aromatic carbocycles. The summed E-state index contributed by atoms with van der Waals surface area (Å²) in [6.45, 7) is 1.93. The molecule has 0 radical (unpaired) electrons. The molecule has 122 valence electrons. The van der Waals surface area contributed by atoms with Crippen molar-refractivity contribution >= 4 is 39.3 Å². The Bertz CT molecular complexity index is 955. The molecule has 0 aliphatic rings. The molecule has 2 heterocycles. The number of benzene rings is 1. The second-order valence-corrected chi connectivity index (χ2v) is 5.85. The molecule has 0 spiro atoms. The summed E-state index contributed by atoms with van der Waals surface area (Å²) < 4.78 is 18.3. The average Bonchev–Trinajstić information content (AvgIpc) is 2.97. The van der Waals surface area contributed by atoms with Crippen LogP contribution in [-0.2, 0) is 4.74 Å². The number of fused-ring (bicyclic) bond motifs is 1. The number of nitrogens with zero attached hydrogens (tertiary/aromatic N) is 2. The minimum absolute atomic E-state index is 0.0231. The molecule has 3 aromatic rings. The van der Waals surface area contributed by atoms with E-state index in [0.29, 0.717) is 15.1 Å². The largest absolute Gasteiger partial charge is 0.462 e. The summed E-state index contributed by atoms with van der Waals surface area (Å²) in [4.78, 5) is 33.2. The SMILES string of the molecule is CCOC(=O)c1cc2c(C(=O)c3cccc(F)c3)nc(N)nc2s1. The molecule has 0 fully saturated rings. The summed E-state index contributed by atoms with van der Waals surface area (Å²) in [6, 6.07) is 6.76. The van der Waals surface area contributed by atoms with Crippen molar-refractivity contribution in [1.29, 1.82) is 0 Å². The molecular weight excluding hydrogens is 333 g/mol. The fraction of sp³-hybridized carbons (Fsp3) is 0.125. The summed E-state index contributed by atoms with van der Waals surface area (Å²) in [5.41, 5.74) is 5.82. The second kappa shape index (κ2) is 6.32. The highest BCUT2D eigenvalue weighted by molar-refractivity contribution is 7.20. The van der Waals surface area contributed by atoms with E-state index in [1.165, 1.54) is 24.3 Å². The van der Waals surface area contributed by atoms with Crippen molar-refractivity contribution in [1.82, 2.24) is 9.97 Å². The number of rotatable bonds is 4. The molecule has 0 aliphatic heterocycles. The van der Waals surface area contributed by atoms with Gasteiger partial charge in [-0.2, -0.15) is 0 Å². The number of carbonyl (C=O) groups is 2. The van der Waals surface area contributed by atoms with E-state index in [2.05, 4.69) is 9.97 Å². The standard InChI is InChI=1S/C16H12FN3O3S/c1-2-23-15(22)11-7-10-12(19-16(18)20-14(10)24-11)13(21)8-4-3-5-9(17)6-8/h3-7H,2H2,1H3,(H2,18,19,20). The molecule has 0 saturated heterocycles. The first kappa shape index (κ1) is 16.0. The van der Waals surface area contributed by atoms with E-state index >= 15 is 0 Å². The fourth-order valence-electron chi connectivity index (χ4n) is 2.18. The lowest BCUT2D eigenvalue weighted by Gasteiger charge is -2.03. The van der Waals surface area contributed by atoms with Crippen LogP contribution < -0.4 is 5.73 Å². The van der Waals surface area contributed by atoms with E-state index in [4.69, 9.17) is 10.5 Å². The van der Waals surface area contributed by atoms with Gasteiger partial charge < -0.3 is 10.5 Å². The predicted octanol–water partition coefficient (Wildman–Crippen LogP) is 2.82. The highest BCUT2D eigenvalue weighted by atomic mass is 32.1. The maximum atomic E-state index is 13.4. The van der Waals surface area contributed by atoms with Crippen LogP contribution in [0.2, 0.25) is 0 Å². The van der Waals surface area contributed by atoms with Gasteiger partial charge in [-0.15, -0.1) is 11.3 Å². The van der Waals surface area contributed by atoms with Gasteiger partial charge in [0.1, 0.15) is 21.2 Å². The molecule has 2 aromatic heterocycles. The summed E-state index contributed by atoms with van der Waals surface area (Å²) in [5.74, 6) is -1.64. The Morgan fingerprint density at radius 1 is 1.29 bits per heavy atom. The Balaban J connectivity index is 2.13. The molecule has 0 amide bonds. The van der Waals surface area contributed by atoms with Gasteiger partial charge >= 0.3 is 5.97 Å². The summed E-state index contributed by atoms with van der Waals surface area (Å²) >= 11 is 1.06. The maximum Gasteiger partial charge on any atom is 0.348 e. The molecule has 0 bridgehead atoms. The van der Waals surface area contributed by atoms with Crippen LogP contribution in [0.4, 0.5) is 10.3 Å². The Hall–Kier alpha value is -2.87. The highest BCUT2D eigenvalue weighted by Gasteiger charge is 2.21. The van der Waals surface area contributed by atoms with Gasteiger partial charge in [-0.3, -0.25) is 4.79 Å². The number of carbonyl (C=O) groups excluding carboxylic acids is 2.